The zero-order valence-corrected chi connectivity index (χ0v) is 16.6. The average molecular weight is 417 g/mol. The number of ketones is 1. The maximum atomic E-state index is 12.6. The minimum absolute atomic E-state index is 0.0509. The summed E-state index contributed by atoms with van der Waals surface area (Å²) in [6.07, 6.45) is 6.58. The molecule has 4 nitrogen and oxygen atoms in total. The molecule has 1 saturated carbocycles. The van der Waals surface area contributed by atoms with Gasteiger partial charge >= 0.3 is 5.97 Å². The van der Waals surface area contributed by atoms with Gasteiger partial charge in [0.05, 0.1) is 21.5 Å². The number of esters is 1. The fourth-order valence-corrected chi connectivity index (χ4v) is 3.90. The lowest BCUT2D eigenvalue weighted by Crippen LogP contribution is -2.22. The summed E-state index contributed by atoms with van der Waals surface area (Å²) in [6, 6.07) is 9.98. The first-order valence-corrected chi connectivity index (χ1v) is 10.0. The van der Waals surface area contributed by atoms with Crippen LogP contribution in [0.25, 0.3) is 6.08 Å². The highest BCUT2D eigenvalue weighted by molar-refractivity contribution is 6.43. The highest BCUT2D eigenvalue weighted by Crippen LogP contribution is 2.36. The molecule has 0 unspecified atom stereocenters. The predicted octanol–water partition coefficient (Wildman–Crippen LogP) is 6.10. The SMILES string of the molecule is O=C1C(=Cc2cccc(Cl)c2Cl)Oc2cc(OC(=O)C3CCCCC3)ccc21. The smallest absolute Gasteiger partial charge is 0.314 e. The lowest BCUT2D eigenvalue weighted by molar-refractivity contribution is -0.139. The number of hydrogen-bond donors (Lipinski definition) is 0. The molecule has 1 fully saturated rings. The van der Waals surface area contributed by atoms with Gasteiger partial charge in [-0.05, 0) is 42.7 Å². The van der Waals surface area contributed by atoms with Crippen LogP contribution in [0.5, 0.6) is 11.5 Å². The van der Waals surface area contributed by atoms with Crippen LogP contribution < -0.4 is 9.47 Å². The van der Waals surface area contributed by atoms with Crippen molar-refractivity contribution in [1.29, 1.82) is 0 Å². The Morgan fingerprint density at radius 3 is 2.68 bits per heavy atom. The molecule has 1 aliphatic heterocycles. The summed E-state index contributed by atoms with van der Waals surface area (Å²) in [5.74, 6) is 0.370. The van der Waals surface area contributed by atoms with Crippen molar-refractivity contribution in [3.05, 3.63) is 63.3 Å². The summed E-state index contributed by atoms with van der Waals surface area (Å²) >= 11 is 12.2. The normalized spacial score (nSPS) is 18.1. The van der Waals surface area contributed by atoms with Gasteiger partial charge in [-0.15, -0.1) is 0 Å². The highest BCUT2D eigenvalue weighted by Gasteiger charge is 2.29. The van der Waals surface area contributed by atoms with Crippen molar-refractivity contribution in [3.63, 3.8) is 0 Å². The van der Waals surface area contributed by atoms with Crippen LogP contribution >= 0.6 is 23.2 Å². The highest BCUT2D eigenvalue weighted by atomic mass is 35.5. The molecule has 0 N–H and O–H groups in total. The van der Waals surface area contributed by atoms with E-state index in [1.54, 1.807) is 42.5 Å². The van der Waals surface area contributed by atoms with Gasteiger partial charge in [0.15, 0.2) is 5.76 Å². The third-order valence-corrected chi connectivity index (χ3v) is 5.90. The summed E-state index contributed by atoms with van der Waals surface area (Å²) in [6.45, 7) is 0. The number of carbonyl (C=O) groups is 2. The average Bonchev–Trinajstić information content (AvgIpc) is 3.01. The molecule has 2 aromatic rings. The topological polar surface area (TPSA) is 52.6 Å². The van der Waals surface area contributed by atoms with Crippen LogP contribution in [0.1, 0.15) is 48.0 Å². The van der Waals surface area contributed by atoms with Gasteiger partial charge in [-0.2, -0.15) is 0 Å². The Morgan fingerprint density at radius 2 is 1.89 bits per heavy atom. The molecular weight excluding hydrogens is 399 g/mol. The first-order valence-electron chi connectivity index (χ1n) is 9.27. The van der Waals surface area contributed by atoms with E-state index in [0.717, 1.165) is 25.7 Å². The molecule has 0 radical (unpaired) electrons. The molecule has 2 aromatic carbocycles. The number of halogens is 2. The number of fused-ring (bicyclic) bond motifs is 1. The van der Waals surface area contributed by atoms with Gasteiger partial charge in [-0.25, -0.2) is 0 Å². The second kappa shape index (κ2) is 7.98. The number of benzene rings is 2. The number of carbonyl (C=O) groups excluding carboxylic acids is 2. The van der Waals surface area contributed by atoms with E-state index in [4.69, 9.17) is 32.7 Å². The van der Waals surface area contributed by atoms with E-state index in [-0.39, 0.29) is 23.4 Å². The molecule has 0 saturated heterocycles. The van der Waals surface area contributed by atoms with Crippen molar-refractivity contribution < 1.29 is 19.1 Å². The Hall–Kier alpha value is -2.30. The quantitative estimate of drug-likeness (QED) is 0.344. The number of hydrogen-bond acceptors (Lipinski definition) is 4. The first-order chi connectivity index (χ1) is 13.5. The molecule has 144 valence electrons. The standard InChI is InChI=1S/C22H18Cl2O4/c23-17-8-4-7-14(20(17)24)11-19-21(25)16-10-9-15(12-18(16)28-19)27-22(26)13-5-2-1-3-6-13/h4,7-13H,1-3,5-6H2. The molecule has 0 bridgehead atoms. The lowest BCUT2D eigenvalue weighted by atomic mass is 9.89. The van der Waals surface area contributed by atoms with Gasteiger partial charge in [0.1, 0.15) is 11.5 Å². The fraction of sp³-hybridized carbons (Fsp3) is 0.273. The van der Waals surface area contributed by atoms with Crippen LogP contribution in [-0.4, -0.2) is 11.8 Å². The monoisotopic (exact) mass is 416 g/mol. The van der Waals surface area contributed by atoms with Crippen LogP contribution in [0.3, 0.4) is 0 Å². The molecule has 1 aliphatic carbocycles. The molecule has 0 amide bonds. The molecular formula is C22H18Cl2O4. The number of ether oxygens (including phenoxy) is 2. The second-order valence-corrected chi connectivity index (χ2v) is 7.78. The van der Waals surface area contributed by atoms with Crippen molar-refractivity contribution in [2.75, 3.05) is 0 Å². The van der Waals surface area contributed by atoms with E-state index in [2.05, 4.69) is 0 Å². The van der Waals surface area contributed by atoms with Crippen molar-refractivity contribution >= 4 is 41.0 Å². The second-order valence-electron chi connectivity index (χ2n) is 7.00. The fourth-order valence-electron chi connectivity index (χ4n) is 3.54. The molecule has 2 aliphatic rings. The van der Waals surface area contributed by atoms with Gasteiger partial charge in [-0.1, -0.05) is 54.6 Å². The third kappa shape index (κ3) is 3.80. The molecule has 4 rings (SSSR count). The maximum absolute atomic E-state index is 12.6. The largest absolute Gasteiger partial charge is 0.452 e. The first kappa shape index (κ1) is 19.0. The number of rotatable bonds is 3. The van der Waals surface area contributed by atoms with Crippen molar-refractivity contribution in [2.24, 2.45) is 5.92 Å². The summed E-state index contributed by atoms with van der Waals surface area (Å²) < 4.78 is 11.2. The molecule has 1 heterocycles. The van der Waals surface area contributed by atoms with Gasteiger partial charge in [-0.3, -0.25) is 9.59 Å². The van der Waals surface area contributed by atoms with Crippen molar-refractivity contribution in [1.82, 2.24) is 0 Å². The Kier molecular flexibility index (Phi) is 5.42. The van der Waals surface area contributed by atoms with Gasteiger partial charge in [0.2, 0.25) is 5.78 Å². The van der Waals surface area contributed by atoms with E-state index >= 15 is 0 Å². The lowest BCUT2D eigenvalue weighted by Gasteiger charge is -2.19. The van der Waals surface area contributed by atoms with Gasteiger partial charge in [0.25, 0.3) is 0 Å². The number of Topliss-reactive ketones (excluding diaryl/α,β-unsaturated/α-hetero) is 1. The van der Waals surface area contributed by atoms with Crippen LogP contribution in [0.4, 0.5) is 0 Å². The van der Waals surface area contributed by atoms with Crippen LogP contribution in [0.2, 0.25) is 10.0 Å². The van der Waals surface area contributed by atoms with Gasteiger partial charge in [0, 0.05) is 6.07 Å². The Balaban J connectivity index is 1.53. The zero-order chi connectivity index (χ0) is 19.7. The van der Waals surface area contributed by atoms with Crippen LogP contribution in [-0.2, 0) is 4.79 Å². The molecule has 6 heteroatoms. The van der Waals surface area contributed by atoms with Gasteiger partial charge < -0.3 is 9.47 Å². The Bertz CT molecular complexity index is 974. The Labute approximate surface area is 173 Å². The minimum atomic E-state index is -0.254. The van der Waals surface area contributed by atoms with Crippen LogP contribution in [0, 0.1) is 5.92 Å². The molecule has 0 aromatic heterocycles. The number of allylic oxidation sites excluding steroid dienone is 1. The summed E-state index contributed by atoms with van der Waals surface area (Å²) in [5, 5.41) is 0.752. The molecule has 28 heavy (non-hydrogen) atoms. The van der Waals surface area contributed by atoms with E-state index in [9.17, 15) is 9.59 Å². The molecule has 0 atom stereocenters. The van der Waals surface area contributed by atoms with E-state index < -0.39 is 0 Å². The van der Waals surface area contributed by atoms with E-state index in [1.807, 2.05) is 0 Å². The summed E-state index contributed by atoms with van der Waals surface area (Å²) in [4.78, 5) is 24.9. The predicted molar refractivity (Wildman–Crippen MR) is 108 cm³/mol. The van der Waals surface area contributed by atoms with E-state index in [0.29, 0.717) is 32.7 Å². The minimum Gasteiger partial charge on any atom is -0.452 e. The van der Waals surface area contributed by atoms with Crippen molar-refractivity contribution in [3.8, 4) is 11.5 Å². The summed E-state index contributed by atoms with van der Waals surface area (Å²) in [5.41, 5.74) is 1.01. The van der Waals surface area contributed by atoms with Crippen molar-refractivity contribution in [2.45, 2.75) is 32.1 Å². The summed E-state index contributed by atoms with van der Waals surface area (Å²) in [7, 11) is 0. The van der Waals surface area contributed by atoms with Crippen LogP contribution in [0.15, 0.2) is 42.2 Å². The Morgan fingerprint density at radius 1 is 1.11 bits per heavy atom. The molecule has 0 spiro atoms. The van der Waals surface area contributed by atoms with E-state index in [1.165, 1.54) is 6.42 Å². The maximum Gasteiger partial charge on any atom is 0.314 e. The zero-order valence-electron chi connectivity index (χ0n) is 15.0. The third-order valence-electron chi connectivity index (χ3n) is 5.07.